The normalized spacial score (nSPS) is 9.62. The summed E-state index contributed by atoms with van der Waals surface area (Å²) in [5, 5.41) is 0. The lowest BCUT2D eigenvalue weighted by Gasteiger charge is -2.04. The van der Waals surface area contributed by atoms with Gasteiger partial charge in [0.05, 0.1) is 6.61 Å². The molecule has 0 unspecified atom stereocenters. The third kappa shape index (κ3) is 9.00. The van der Waals surface area contributed by atoms with E-state index in [4.69, 9.17) is 9.47 Å². The van der Waals surface area contributed by atoms with Crippen molar-refractivity contribution in [1.29, 1.82) is 0 Å². The summed E-state index contributed by atoms with van der Waals surface area (Å²) in [6, 6.07) is 0. The first-order valence-corrected chi connectivity index (χ1v) is 3.75. The van der Waals surface area contributed by atoms with Gasteiger partial charge in [-0.05, 0) is 0 Å². The number of hydrogen-bond donors (Lipinski definition) is 0. The standard InChI is InChI=1S/C8H14O5/c1-3-8(9)13-5-4-11-7-12-6-10-2/h3H,1,4-7H2,2H3. The van der Waals surface area contributed by atoms with Crippen LogP contribution in [0.3, 0.4) is 0 Å². The van der Waals surface area contributed by atoms with E-state index in [0.717, 1.165) is 6.08 Å². The monoisotopic (exact) mass is 190 g/mol. The van der Waals surface area contributed by atoms with Crippen LogP contribution in [0, 0.1) is 0 Å². The van der Waals surface area contributed by atoms with Crippen LogP contribution in [0.2, 0.25) is 0 Å². The Morgan fingerprint density at radius 2 is 2.08 bits per heavy atom. The Hall–Kier alpha value is -0.910. The van der Waals surface area contributed by atoms with Gasteiger partial charge >= 0.3 is 5.97 Å². The maximum Gasteiger partial charge on any atom is 0.330 e. The van der Waals surface area contributed by atoms with Crippen molar-refractivity contribution >= 4 is 5.97 Å². The fraction of sp³-hybridized carbons (Fsp3) is 0.625. The maximum absolute atomic E-state index is 10.5. The van der Waals surface area contributed by atoms with Gasteiger partial charge in [-0.25, -0.2) is 4.79 Å². The predicted octanol–water partition coefficient (Wildman–Crippen LogP) is 0.310. The van der Waals surface area contributed by atoms with Crippen LogP contribution in [0.5, 0.6) is 0 Å². The third-order valence-corrected chi connectivity index (χ3v) is 1.01. The van der Waals surface area contributed by atoms with E-state index >= 15 is 0 Å². The molecular formula is C8H14O5. The highest BCUT2D eigenvalue weighted by molar-refractivity contribution is 5.81. The van der Waals surface area contributed by atoms with E-state index in [1.165, 1.54) is 7.11 Å². The summed E-state index contributed by atoms with van der Waals surface area (Å²) in [4.78, 5) is 10.5. The SMILES string of the molecule is C=CC(=O)OCCOCOCOC. The van der Waals surface area contributed by atoms with Crippen molar-refractivity contribution in [3.8, 4) is 0 Å². The summed E-state index contributed by atoms with van der Waals surface area (Å²) in [6.07, 6.45) is 1.10. The largest absolute Gasteiger partial charge is 0.460 e. The first-order valence-electron chi connectivity index (χ1n) is 3.75. The average molecular weight is 190 g/mol. The molecule has 0 fully saturated rings. The topological polar surface area (TPSA) is 54.0 Å². The highest BCUT2D eigenvalue weighted by Gasteiger charge is 1.94. The maximum atomic E-state index is 10.5. The molecule has 0 aromatic heterocycles. The van der Waals surface area contributed by atoms with Crippen LogP contribution in [0.1, 0.15) is 0 Å². The number of carbonyl (C=O) groups excluding carboxylic acids is 1. The second-order valence-corrected chi connectivity index (χ2v) is 2.01. The molecule has 76 valence electrons. The van der Waals surface area contributed by atoms with Crippen LogP contribution < -0.4 is 0 Å². The van der Waals surface area contributed by atoms with E-state index in [0.29, 0.717) is 6.61 Å². The van der Waals surface area contributed by atoms with Crippen molar-refractivity contribution in [2.24, 2.45) is 0 Å². The van der Waals surface area contributed by atoms with Gasteiger partial charge in [-0.2, -0.15) is 0 Å². The molecule has 0 radical (unpaired) electrons. The lowest BCUT2D eigenvalue weighted by Crippen LogP contribution is -2.10. The zero-order valence-corrected chi connectivity index (χ0v) is 7.65. The molecule has 0 atom stereocenters. The summed E-state index contributed by atoms with van der Waals surface area (Å²) in [5.74, 6) is -0.457. The van der Waals surface area contributed by atoms with Crippen molar-refractivity contribution in [3.63, 3.8) is 0 Å². The minimum Gasteiger partial charge on any atom is -0.460 e. The summed E-state index contributed by atoms with van der Waals surface area (Å²) in [5.41, 5.74) is 0. The van der Waals surface area contributed by atoms with Crippen molar-refractivity contribution < 1.29 is 23.7 Å². The molecule has 0 N–H and O–H groups in total. The van der Waals surface area contributed by atoms with Gasteiger partial charge in [0.1, 0.15) is 20.2 Å². The van der Waals surface area contributed by atoms with Crippen LogP contribution in [0.15, 0.2) is 12.7 Å². The zero-order chi connectivity index (χ0) is 9.94. The molecule has 5 heteroatoms. The van der Waals surface area contributed by atoms with E-state index in [9.17, 15) is 4.79 Å². The molecule has 0 rings (SSSR count). The number of ether oxygens (including phenoxy) is 4. The molecule has 0 amide bonds. The van der Waals surface area contributed by atoms with Gasteiger partial charge in [0.2, 0.25) is 0 Å². The molecule has 0 aromatic carbocycles. The fourth-order valence-electron chi connectivity index (χ4n) is 0.495. The third-order valence-electron chi connectivity index (χ3n) is 1.01. The lowest BCUT2D eigenvalue weighted by atomic mass is 10.6. The van der Waals surface area contributed by atoms with Gasteiger partial charge in [0.25, 0.3) is 0 Å². The number of hydrogen-bond acceptors (Lipinski definition) is 5. The first kappa shape index (κ1) is 12.1. The molecule has 13 heavy (non-hydrogen) atoms. The van der Waals surface area contributed by atoms with Gasteiger partial charge in [-0.1, -0.05) is 6.58 Å². The average Bonchev–Trinajstić information content (AvgIpc) is 2.16. The van der Waals surface area contributed by atoms with Crippen LogP contribution >= 0.6 is 0 Å². The van der Waals surface area contributed by atoms with E-state index in [1.807, 2.05) is 0 Å². The molecule has 0 saturated heterocycles. The summed E-state index contributed by atoms with van der Waals surface area (Å²) in [7, 11) is 1.52. The molecule has 0 saturated carbocycles. The smallest absolute Gasteiger partial charge is 0.330 e. The van der Waals surface area contributed by atoms with Crippen LogP contribution in [-0.2, 0) is 23.7 Å². The Bertz CT molecular complexity index is 145. The Morgan fingerprint density at radius 3 is 2.69 bits per heavy atom. The quantitative estimate of drug-likeness (QED) is 0.238. The van der Waals surface area contributed by atoms with Gasteiger partial charge in [0, 0.05) is 13.2 Å². The molecule has 0 aromatic rings. The minimum atomic E-state index is -0.457. The Balaban J connectivity index is 2.99. The number of methoxy groups -OCH3 is 1. The second kappa shape index (κ2) is 9.18. The summed E-state index contributed by atoms with van der Waals surface area (Å²) in [6.45, 7) is 4.05. The van der Waals surface area contributed by atoms with E-state index < -0.39 is 5.97 Å². The number of rotatable bonds is 8. The highest BCUT2D eigenvalue weighted by Crippen LogP contribution is 1.82. The molecule has 5 nitrogen and oxygen atoms in total. The Morgan fingerprint density at radius 1 is 1.31 bits per heavy atom. The molecule has 0 aliphatic carbocycles. The predicted molar refractivity (Wildman–Crippen MR) is 44.9 cm³/mol. The fourth-order valence-corrected chi connectivity index (χ4v) is 0.495. The minimum absolute atomic E-state index is 0.124. The second-order valence-electron chi connectivity index (χ2n) is 2.01. The lowest BCUT2D eigenvalue weighted by molar-refractivity contribution is -0.146. The van der Waals surface area contributed by atoms with Crippen molar-refractivity contribution in [3.05, 3.63) is 12.7 Å². The van der Waals surface area contributed by atoms with Crippen molar-refractivity contribution in [1.82, 2.24) is 0 Å². The van der Waals surface area contributed by atoms with Crippen LogP contribution in [-0.4, -0.2) is 39.9 Å². The van der Waals surface area contributed by atoms with Gasteiger partial charge in [0.15, 0.2) is 0 Å². The number of carbonyl (C=O) groups is 1. The van der Waals surface area contributed by atoms with Crippen LogP contribution in [0.4, 0.5) is 0 Å². The zero-order valence-electron chi connectivity index (χ0n) is 7.65. The number of esters is 1. The molecular weight excluding hydrogens is 176 g/mol. The molecule has 0 spiro atoms. The molecule has 0 aliphatic rings. The van der Waals surface area contributed by atoms with E-state index in [-0.39, 0.29) is 20.2 Å². The molecule has 0 aliphatic heterocycles. The molecule has 0 bridgehead atoms. The van der Waals surface area contributed by atoms with Crippen molar-refractivity contribution in [2.75, 3.05) is 33.9 Å². The van der Waals surface area contributed by atoms with E-state index in [2.05, 4.69) is 16.1 Å². The Kier molecular flexibility index (Phi) is 8.54. The van der Waals surface area contributed by atoms with Gasteiger partial charge in [-0.15, -0.1) is 0 Å². The summed E-state index contributed by atoms with van der Waals surface area (Å²) >= 11 is 0. The highest BCUT2D eigenvalue weighted by atomic mass is 16.7. The van der Waals surface area contributed by atoms with E-state index in [1.54, 1.807) is 0 Å². The first-order chi connectivity index (χ1) is 6.31. The van der Waals surface area contributed by atoms with Gasteiger partial charge < -0.3 is 18.9 Å². The Labute approximate surface area is 77.2 Å². The summed E-state index contributed by atoms with van der Waals surface area (Å²) < 4.78 is 19.0. The molecule has 0 heterocycles. The van der Waals surface area contributed by atoms with Crippen molar-refractivity contribution in [2.45, 2.75) is 0 Å². The van der Waals surface area contributed by atoms with Crippen LogP contribution in [0.25, 0.3) is 0 Å². The van der Waals surface area contributed by atoms with Gasteiger partial charge in [-0.3, -0.25) is 0 Å².